The minimum Gasteiger partial charge on any atom is -0.507 e. The second kappa shape index (κ2) is 3.93. The van der Waals surface area contributed by atoms with Gasteiger partial charge in [-0.15, -0.1) is 0 Å². The SMILES string of the molecule is CC(C)(C)c1cccc(C=NC2CC2)c1O. The summed E-state index contributed by atoms with van der Waals surface area (Å²) in [5.74, 6) is 0.374. The molecule has 2 nitrogen and oxygen atoms in total. The van der Waals surface area contributed by atoms with Crippen LogP contribution in [0.1, 0.15) is 44.7 Å². The number of para-hydroxylation sites is 1. The summed E-state index contributed by atoms with van der Waals surface area (Å²) in [5, 5.41) is 10.2. The van der Waals surface area contributed by atoms with E-state index in [4.69, 9.17) is 0 Å². The van der Waals surface area contributed by atoms with E-state index in [1.807, 2.05) is 24.4 Å². The first-order valence-corrected chi connectivity index (χ1v) is 5.84. The Bertz CT molecular complexity index is 411. The second-order valence-corrected chi connectivity index (χ2v) is 5.50. The van der Waals surface area contributed by atoms with Crippen molar-refractivity contribution >= 4 is 6.21 Å². The lowest BCUT2D eigenvalue weighted by Gasteiger charge is -2.21. The lowest BCUT2D eigenvalue weighted by atomic mass is 9.85. The number of aliphatic imine (C=N–C) groups is 1. The molecule has 0 heterocycles. The van der Waals surface area contributed by atoms with E-state index in [2.05, 4.69) is 25.8 Å². The maximum absolute atomic E-state index is 10.2. The van der Waals surface area contributed by atoms with Crippen molar-refractivity contribution in [1.82, 2.24) is 0 Å². The van der Waals surface area contributed by atoms with Crippen LogP contribution in [0.2, 0.25) is 0 Å². The Labute approximate surface area is 97.0 Å². The Hall–Kier alpha value is -1.31. The minimum absolute atomic E-state index is 0.0342. The number of aromatic hydroxyl groups is 1. The predicted octanol–water partition coefficient (Wildman–Crippen LogP) is 3.27. The fourth-order valence-corrected chi connectivity index (χ4v) is 1.68. The van der Waals surface area contributed by atoms with Gasteiger partial charge in [0.1, 0.15) is 5.75 Å². The van der Waals surface area contributed by atoms with Crippen LogP contribution in [-0.4, -0.2) is 17.4 Å². The molecule has 1 aliphatic rings. The Morgan fingerprint density at radius 2 is 2.00 bits per heavy atom. The average Bonchev–Trinajstić information content (AvgIpc) is 2.98. The molecule has 1 aromatic carbocycles. The zero-order valence-corrected chi connectivity index (χ0v) is 10.2. The van der Waals surface area contributed by atoms with Gasteiger partial charge < -0.3 is 5.11 Å². The lowest BCUT2D eigenvalue weighted by molar-refractivity contribution is 0.446. The highest BCUT2D eigenvalue weighted by Gasteiger charge is 2.21. The van der Waals surface area contributed by atoms with Crippen molar-refractivity contribution in [1.29, 1.82) is 0 Å². The summed E-state index contributed by atoms with van der Waals surface area (Å²) in [6, 6.07) is 6.37. The van der Waals surface area contributed by atoms with Crippen molar-refractivity contribution in [3.63, 3.8) is 0 Å². The summed E-state index contributed by atoms with van der Waals surface area (Å²) >= 11 is 0. The summed E-state index contributed by atoms with van der Waals surface area (Å²) in [4.78, 5) is 4.40. The molecule has 86 valence electrons. The van der Waals surface area contributed by atoms with Crippen molar-refractivity contribution in [3.05, 3.63) is 29.3 Å². The first-order valence-electron chi connectivity index (χ1n) is 5.84. The third-order valence-corrected chi connectivity index (χ3v) is 2.85. The second-order valence-electron chi connectivity index (χ2n) is 5.50. The van der Waals surface area contributed by atoms with Gasteiger partial charge in [-0.1, -0.05) is 32.9 Å². The van der Waals surface area contributed by atoms with Gasteiger partial charge in [0, 0.05) is 11.8 Å². The van der Waals surface area contributed by atoms with Crippen LogP contribution >= 0.6 is 0 Å². The molecule has 0 saturated heterocycles. The summed E-state index contributed by atoms with van der Waals surface area (Å²) in [5.41, 5.74) is 1.78. The minimum atomic E-state index is -0.0342. The molecule has 1 saturated carbocycles. The number of hydrogen-bond donors (Lipinski definition) is 1. The molecule has 1 aliphatic carbocycles. The van der Waals surface area contributed by atoms with Crippen molar-refractivity contribution in [2.75, 3.05) is 0 Å². The zero-order valence-electron chi connectivity index (χ0n) is 10.2. The van der Waals surface area contributed by atoms with Crippen molar-refractivity contribution in [2.24, 2.45) is 4.99 Å². The first-order chi connectivity index (χ1) is 7.48. The Morgan fingerprint density at radius 3 is 2.56 bits per heavy atom. The van der Waals surface area contributed by atoms with Gasteiger partial charge in [0.05, 0.1) is 6.04 Å². The molecule has 0 amide bonds. The number of phenolic OH excluding ortho intramolecular Hbond substituents is 1. The number of hydrogen-bond acceptors (Lipinski definition) is 2. The van der Waals surface area contributed by atoms with Crippen molar-refractivity contribution in [2.45, 2.75) is 45.1 Å². The van der Waals surface area contributed by atoms with E-state index in [1.165, 1.54) is 12.8 Å². The third kappa shape index (κ3) is 2.43. The average molecular weight is 217 g/mol. The molecule has 0 unspecified atom stereocenters. The molecule has 2 heteroatoms. The van der Waals surface area contributed by atoms with Crippen LogP contribution in [0.3, 0.4) is 0 Å². The Morgan fingerprint density at radius 1 is 1.31 bits per heavy atom. The largest absolute Gasteiger partial charge is 0.507 e. The number of nitrogens with zero attached hydrogens (tertiary/aromatic N) is 1. The summed E-state index contributed by atoms with van der Waals surface area (Å²) in [6.45, 7) is 6.30. The first kappa shape index (κ1) is 11.2. The lowest BCUT2D eigenvalue weighted by Crippen LogP contribution is -2.11. The Balaban J connectivity index is 2.32. The van der Waals surface area contributed by atoms with Crippen LogP contribution in [0, 0.1) is 0 Å². The fourth-order valence-electron chi connectivity index (χ4n) is 1.68. The van der Waals surface area contributed by atoms with Gasteiger partial charge in [0.15, 0.2) is 0 Å². The van der Waals surface area contributed by atoms with Crippen molar-refractivity contribution < 1.29 is 5.11 Å². The van der Waals surface area contributed by atoms with Crippen LogP contribution in [0.15, 0.2) is 23.2 Å². The maximum atomic E-state index is 10.2. The highest BCUT2D eigenvalue weighted by Crippen LogP contribution is 2.32. The molecule has 0 aliphatic heterocycles. The molecule has 0 bridgehead atoms. The third-order valence-electron chi connectivity index (χ3n) is 2.85. The molecule has 0 atom stereocenters. The van der Waals surface area contributed by atoms with E-state index < -0.39 is 0 Å². The van der Waals surface area contributed by atoms with Crippen LogP contribution in [0.5, 0.6) is 5.75 Å². The monoisotopic (exact) mass is 217 g/mol. The van der Waals surface area contributed by atoms with E-state index in [-0.39, 0.29) is 5.41 Å². The molecule has 1 aromatic rings. The van der Waals surface area contributed by atoms with Gasteiger partial charge in [-0.3, -0.25) is 4.99 Å². The molecule has 0 spiro atoms. The molecular weight excluding hydrogens is 198 g/mol. The van der Waals surface area contributed by atoms with E-state index in [1.54, 1.807) is 0 Å². The molecular formula is C14H19NO. The molecule has 1 fully saturated rings. The highest BCUT2D eigenvalue weighted by atomic mass is 16.3. The smallest absolute Gasteiger partial charge is 0.128 e. The van der Waals surface area contributed by atoms with Gasteiger partial charge in [-0.2, -0.15) is 0 Å². The van der Waals surface area contributed by atoms with Gasteiger partial charge in [-0.05, 0) is 29.9 Å². The van der Waals surface area contributed by atoms with Gasteiger partial charge >= 0.3 is 0 Å². The quantitative estimate of drug-likeness (QED) is 0.758. The molecule has 0 aromatic heterocycles. The number of phenols is 1. The van der Waals surface area contributed by atoms with Crippen LogP contribution in [0.25, 0.3) is 0 Å². The summed E-state index contributed by atoms with van der Waals surface area (Å²) in [7, 11) is 0. The van der Waals surface area contributed by atoms with Gasteiger partial charge in [0.25, 0.3) is 0 Å². The van der Waals surface area contributed by atoms with Gasteiger partial charge in [0.2, 0.25) is 0 Å². The predicted molar refractivity (Wildman–Crippen MR) is 67.4 cm³/mol. The highest BCUT2D eigenvalue weighted by molar-refractivity contribution is 5.84. The van der Waals surface area contributed by atoms with Crippen LogP contribution < -0.4 is 0 Å². The molecule has 1 N–H and O–H groups in total. The number of benzene rings is 1. The fraction of sp³-hybridized carbons (Fsp3) is 0.500. The Kier molecular flexibility index (Phi) is 2.75. The van der Waals surface area contributed by atoms with Gasteiger partial charge in [-0.25, -0.2) is 0 Å². The van der Waals surface area contributed by atoms with Crippen LogP contribution in [0.4, 0.5) is 0 Å². The molecule has 2 rings (SSSR count). The topological polar surface area (TPSA) is 32.6 Å². The van der Waals surface area contributed by atoms with E-state index in [0.717, 1.165) is 11.1 Å². The van der Waals surface area contributed by atoms with E-state index in [9.17, 15) is 5.11 Å². The molecule has 16 heavy (non-hydrogen) atoms. The van der Waals surface area contributed by atoms with E-state index in [0.29, 0.717) is 11.8 Å². The summed E-state index contributed by atoms with van der Waals surface area (Å²) in [6.07, 6.45) is 4.19. The summed E-state index contributed by atoms with van der Waals surface area (Å²) < 4.78 is 0. The molecule has 0 radical (unpaired) electrons. The van der Waals surface area contributed by atoms with E-state index >= 15 is 0 Å². The standard InChI is InChI=1S/C14H19NO/c1-14(2,3)12-6-4-5-10(13(12)16)9-15-11-7-8-11/h4-6,9,11,16H,7-8H2,1-3H3. The number of rotatable bonds is 2. The van der Waals surface area contributed by atoms with Crippen molar-refractivity contribution in [3.8, 4) is 5.75 Å². The normalized spacial score (nSPS) is 16.9. The maximum Gasteiger partial charge on any atom is 0.128 e. The zero-order chi connectivity index (χ0) is 11.8. The van der Waals surface area contributed by atoms with Crippen LogP contribution in [-0.2, 0) is 5.41 Å².